The molecule has 0 saturated carbocycles. The van der Waals surface area contributed by atoms with Crippen LogP contribution in [0.5, 0.6) is 0 Å². The average Bonchev–Trinajstić information content (AvgIpc) is 2.87. The van der Waals surface area contributed by atoms with Gasteiger partial charge in [-0.05, 0) is 28.8 Å². The zero-order chi connectivity index (χ0) is 24.3. The third-order valence-electron chi connectivity index (χ3n) is 6.34. The predicted octanol–water partition coefficient (Wildman–Crippen LogP) is 4.51. The highest BCUT2D eigenvalue weighted by atomic mass is 79.9. The second-order valence-corrected chi connectivity index (χ2v) is 9.09. The number of nitrogens with zero attached hydrogens (tertiary/aromatic N) is 4. The van der Waals surface area contributed by atoms with E-state index in [1.807, 2.05) is 54.6 Å². The van der Waals surface area contributed by atoms with Gasteiger partial charge < -0.3 is 15.4 Å². The first-order chi connectivity index (χ1) is 16.4. The zero-order valence-corrected chi connectivity index (χ0v) is 19.7. The molecule has 0 aromatic heterocycles. The Balaban J connectivity index is 1.74. The van der Waals surface area contributed by atoms with Crippen molar-refractivity contribution in [3.63, 3.8) is 0 Å². The molecule has 2 aromatic carbocycles. The number of hydrogen-bond donors (Lipinski definition) is 1. The zero-order valence-electron chi connectivity index (χ0n) is 18.1. The second-order valence-electron chi connectivity index (χ2n) is 8.18. The number of benzene rings is 2. The highest BCUT2D eigenvalue weighted by Crippen LogP contribution is 2.54. The van der Waals surface area contributed by atoms with Crippen molar-refractivity contribution in [1.82, 2.24) is 4.90 Å². The Labute approximate surface area is 206 Å². The molecule has 7 nitrogen and oxygen atoms in total. The minimum atomic E-state index is -1.76. The van der Waals surface area contributed by atoms with Gasteiger partial charge in [-0.2, -0.15) is 15.8 Å². The van der Waals surface area contributed by atoms with Crippen LogP contribution in [0.15, 0.2) is 82.0 Å². The number of carbonyl (C=O) groups excluding carboxylic acids is 1. The van der Waals surface area contributed by atoms with Crippen molar-refractivity contribution in [3.8, 4) is 18.2 Å². The molecule has 0 unspecified atom stereocenters. The molecule has 8 heteroatoms. The molecule has 168 valence electrons. The van der Waals surface area contributed by atoms with E-state index in [4.69, 9.17) is 10.5 Å². The van der Waals surface area contributed by atoms with Gasteiger partial charge in [0.25, 0.3) is 0 Å². The number of ether oxygens (including phenoxy) is 1. The van der Waals surface area contributed by atoms with E-state index in [2.05, 4.69) is 34.1 Å². The number of halogens is 1. The summed E-state index contributed by atoms with van der Waals surface area (Å²) < 4.78 is 6.29. The quantitative estimate of drug-likeness (QED) is 0.642. The molecule has 1 aliphatic heterocycles. The average molecular weight is 514 g/mol. The lowest BCUT2D eigenvalue weighted by Crippen LogP contribution is -2.49. The molecular formula is C26H20BrN5O2. The van der Waals surface area contributed by atoms with Crippen LogP contribution in [0.1, 0.15) is 17.0 Å². The summed E-state index contributed by atoms with van der Waals surface area (Å²) in [6.07, 6.45) is 1.26. The van der Waals surface area contributed by atoms with Crippen molar-refractivity contribution in [2.45, 2.75) is 12.5 Å². The molecule has 1 amide bonds. The van der Waals surface area contributed by atoms with Gasteiger partial charge in [-0.15, -0.1) is 0 Å². The van der Waals surface area contributed by atoms with Gasteiger partial charge in [0.15, 0.2) is 5.41 Å². The van der Waals surface area contributed by atoms with Crippen LogP contribution in [0.4, 0.5) is 4.79 Å². The highest BCUT2D eigenvalue weighted by Gasteiger charge is 2.54. The molecular weight excluding hydrogens is 494 g/mol. The Morgan fingerprint density at radius 3 is 2.53 bits per heavy atom. The van der Waals surface area contributed by atoms with Crippen molar-refractivity contribution in [1.29, 1.82) is 15.8 Å². The van der Waals surface area contributed by atoms with Gasteiger partial charge in [0.05, 0.1) is 23.4 Å². The maximum absolute atomic E-state index is 12.9. The number of amides is 1. The molecule has 0 bridgehead atoms. The summed E-state index contributed by atoms with van der Waals surface area (Å²) in [5, 5.41) is 30.2. The molecule has 1 heterocycles. The summed E-state index contributed by atoms with van der Waals surface area (Å²) in [6, 6.07) is 23.0. The van der Waals surface area contributed by atoms with E-state index in [9.17, 15) is 20.6 Å². The number of carbonyl (C=O) groups is 1. The molecule has 2 aromatic rings. The van der Waals surface area contributed by atoms with Gasteiger partial charge in [-0.3, -0.25) is 0 Å². The molecule has 1 aliphatic carbocycles. The Hall–Kier alpha value is -4.06. The highest BCUT2D eigenvalue weighted by molar-refractivity contribution is 9.10. The Morgan fingerprint density at radius 2 is 1.88 bits per heavy atom. The van der Waals surface area contributed by atoms with Crippen LogP contribution in [0.3, 0.4) is 0 Å². The summed E-state index contributed by atoms with van der Waals surface area (Å²) in [5.74, 6) is -1.18. The molecule has 0 radical (unpaired) electrons. The van der Waals surface area contributed by atoms with Crippen molar-refractivity contribution in [3.05, 3.63) is 93.1 Å². The lowest BCUT2D eigenvalue weighted by molar-refractivity contribution is 0.0898. The van der Waals surface area contributed by atoms with Gasteiger partial charge in [-0.1, -0.05) is 64.5 Å². The van der Waals surface area contributed by atoms with Crippen LogP contribution in [0.2, 0.25) is 0 Å². The van der Waals surface area contributed by atoms with E-state index < -0.39 is 23.3 Å². The maximum Gasteiger partial charge on any atom is 0.410 e. The third kappa shape index (κ3) is 3.92. The number of nitriles is 3. The fourth-order valence-corrected chi connectivity index (χ4v) is 5.13. The monoisotopic (exact) mass is 513 g/mol. The van der Waals surface area contributed by atoms with Crippen molar-refractivity contribution >= 4 is 22.0 Å². The van der Waals surface area contributed by atoms with E-state index in [1.165, 1.54) is 4.90 Å². The second kappa shape index (κ2) is 9.43. The molecule has 4 rings (SSSR count). The van der Waals surface area contributed by atoms with Crippen LogP contribution in [-0.2, 0) is 11.3 Å². The molecule has 0 fully saturated rings. The first-order valence-electron chi connectivity index (χ1n) is 10.6. The van der Waals surface area contributed by atoms with Crippen LogP contribution in [0, 0.1) is 45.3 Å². The van der Waals surface area contributed by atoms with E-state index in [0.29, 0.717) is 11.1 Å². The number of allylic oxidation sites excluding steroid dienone is 2. The van der Waals surface area contributed by atoms with Gasteiger partial charge in [0.2, 0.25) is 0 Å². The summed E-state index contributed by atoms with van der Waals surface area (Å²) in [4.78, 5) is 14.4. The van der Waals surface area contributed by atoms with Gasteiger partial charge in [0, 0.05) is 29.4 Å². The summed E-state index contributed by atoms with van der Waals surface area (Å²) in [7, 11) is 0. The van der Waals surface area contributed by atoms with Crippen LogP contribution < -0.4 is 5.73 Å². The van der Waals surface area contributed by atoms with Crippen molar-refractivity contribution in [2.24, 2.45) is 17.1 Å². The van der Waals surface area contributed by atoms with Crippen LogP contribution in [0.25, 0.3) is 0 Å². The van der Waals surface area contributed by atoms with E-state index in [0.717, 1.165) is 10.0 Å². The minimum absolute atomic E-state index is 0.0485. The van der Waals surface area contributed by atoms with E-state index in [1.54, 1.807) is 6.08 Å². The maximum atomic E-state index is 12.9. The fourth-order valence-electron chi connectivity index (χ4n) is 4.72. The molecule has 2 aliphatic rings. The lowest BCUT2D eigenvalue weighted by Gasteiger charge is -2.45. The predicted molar refractivity (Wildman–Crippen MR) is 127 cm³/mol. The molecule has 34 heavy (non-hydrogen) atoms. The van der Waals surface area contributed by atoms with Gasteiger partial charge >= 0.3 is 6.09 Å². The number of fused-ring (bicyclic) bond motifs is 1. The summed E-state index contributed by atoms with van der Waals surface area (Å²) >= 11 is 3.46. The lowest BCUT2D eigenvalue weighted by atomic mass is 9.58. The molecule has 2 N–H and O–H groups in total. The number of nitrogens with two attached hydrogens (primary N) is 1. The van der Waals surface area contributed by atoms with Crippen LogP contribution >= 0.6 is 15.9 Å². The van der Waals surface area contributed by atoms with Crippen molar-refractivity contribution in [2.75, 3.05) is 13.1 Å². The van der Waals surface area contributed by atoms with Crippen molar-refractivity contribution < 1.29 is 9.53 Å². The first-order valence-corrected chi connectivity index (χ1v) is 11.4. The van der Waals surface area contributed by atoms with E-state index >= 15 is 0 Å². The van der Waals surface area contributed by atoms with Gasteiger partial charge in [0.1, 0.15) is 12.7 Å². The molecule has 0 spiro atoms. The standard InChI is InChI=1S/C26H20BrN5O2/c27-19-8-4-7-18(11-19)23-22-13-32(25(33)34-14-17-5-2-1-3-6-17)10-9-20(22)21(12-28)24(31)26(23,15-29)16-30/h1-9,11,22-23H,10,13-14,31H2/t22-,23+/m0/s1. The Bertz CT molecular complexity index is 1300. The van der Waals surface area contributed by atoms with E-state index in [-0.39, 0.29) is 31.0 Å². The largest absolute Gasteiger partial charge is 0.445 e. The third-order valence-corrected chi connectivity index (χ3v) is 6.83. The summed E-state index contributed by atoms with van der Waals surface area (Å²) in [5.41, 5.74) is 6.88. The first kappa shape index (κ1) is 23.1. The molecule has 2 atom stereocenters. The molecule has 0 saturated heterocycles. The Morgan fingerprint density at radius 1 is 1.15 bits per heavy atom. The fraction of sp³-hybridized carbons (Fsp3) is 0.231. The number of hydrogen-bond acceptors (Lipinski definition) is 6. The summed E-state index contributed by atoms with van der Waals surface area (Å²) in [6.45, 7) is 0.540. The smallest absolute Gasteiger partial charge is 0.410 e. The topological polar surface area (TPSA) is 127 Å². The minimum Gasteiger partial charge on any atom is -0.445 e. The Kier molecular flexibility index (Phi) is 6.41. The van der Waals surface area contributed by atoms with Gasteiger partial charge in [-0.25, -0.2) is 4.79 Å². The normalized spacial score (nSPS) is 20.8. The SMILES string of the molecule is N#CC1=C(N)C(C#N)(C#N)[C@H](c2cccc(Br)c2)[C@H]2CN(C(=O)OCc3ccccc3)CC=C12. The number of rotatable bonds is 3. The van der Waals surface area contributed by atoms with Crippen LogP contribution in [-0.4, -0.2) is 24.1 Å².